The molecule has 0 spiro atoms. The topological polar surface area (TPSA) is 63.5 Å². The maximum Gasteiger partial charge on any atom is 0.325 e. The first-order valence-electron chi connectivity index (χ1n) is 7.37. The normalized spacial score (nSPS) is 24.9. The van der Waals surface area contributed by atoms with Gasteiger partial charge in [0.1, 0.15) is 6.04 Å². The highest BCUT2D eigenvalue weighted by molar-refractivity contribution is 7.89. The summed E-state index contributed by atoms with van der Waals surface area (Å²) in [6, 6.07) is 6.04. The van der Waals surface area contributed by atoms with Gasteiger partial charge >= 0.3 is 5.97 Å². The van der Waals surface area contributed by atoms with Crippen molar-refractivity contribution in [2.24, 2.45) is 0 Å². The van der Waals surface area contributed by atoms with Crippen LogP contribution in [0, 0.1) is 6.92 Å². The highest BCUT2D eigenvalue weighted by atomic mass is 32.2. The minimum absolute atomic E-state index is 0.230. The summed E-state index contributed by atoms with van der Waals surface area (Å²) in [6.07, 6.45) is 0. The second-order valence-corrected chi connectivity index (χ2v) is 13.8. The highest BCUT2D eigenvalue weighted by Crippen LogP contribution is 2.42. The van der Waals surface area contributed by atoms with E-state index in [9.17, 15) is 13.2 Å². The molecule has 1 aliphatic rings. The molecule has 0 N–H and O–H groups in total. The lowest BCUT2D eigenvalue weighted by Gasteiger charge is -2.15. The van der Waals surface area contributed by atoms with Crippen LogP contribution in [0.5, 0.6) is 0 Å². The number of sulfonamides is 1. The van der Waals surface area contributed by atoms with Gasteiger partial charge in [0, 0.05) is 5.67 Å². The summed E-state index contributed by atoms with van der Waals surface area (Å²) < 4.78 is 32.0. The first-order chi connectivity index (χ1) is 10.1. The Morgan fingerprint density at radius 1 is 1.23 bits per heavy atom. The summed E-state index contributed by atoms with van der Waals surface area (Å²) in [4.78, 5) is 12.3. The molecule has 1 heterocycles. The van der Waals surface area contributed by atoms with E-state index in [-0.39, 0.29) is 17.2 Å². The van der Waals surface area contributed by atoms with Crippen molar-refractivity contribution in [3.05, 3.63) is 29.8 Å². The molecule has 1 saturated heterocycles. The molecule has 1 unspecified atom stereocenters. The van der Waals surface area contributed by atoms with Gasteiger partial charge in [0.05, 0.1) is 19.6 Å². The Hall–Kier alpha value is -1.18. The fourth-order valence-electron chi connectivity index (χ4n) is 2.66. The van der Waals surface area contributed by atoms with Gasteiger partial charge < -0.3 is 4.74 Å². The van der Waals surface area contributed by atoms with Crippen molar-refractivity contribution in [2.45, 2.75) is 50.1 Å². The third-order valence-corrected chi connectivity index (χ3v) is 8.20. The highest BCUT2D eigenvalue weighted by Gasteiger charge is 2.65. The third kappa shape index (κ3) is 3.11. The van der Waals surface area contributed by atoms with E-state index in [2.05, 4.69) is 19.6 Å². The van der Waals surface area contributed by atoms with E-state index in [1.165, 1.54) is 4.31 Å². The van der Waals surface area contributed by atoms with E-state index in [1.54, 1.807) is 31.2 Å². The number of hydrogen-bond acceptors (Lipinski definition) is 4. The Bertz CT molecular complexity index is 664. The molecule has 0 saturated carbocycles. The molecule has 1 aromatic carbocycles. The molecule has 2 rings (SSSR count). The van der Waals surface area contributed by atoms with Crippen molar-refractivity contribution >= 4 is 24.1 Å². The molecule has 1 fully saturated rings. The number of esters is 1. The average Bonchev–Trinajstić information content (AvgIpc) is 3.15. The molecule has 3 atom stereocenters. The van der Waals surface area contributed by atoms with E-state index >= 15 is 0 Å². The number of hydrogen-bond donors (Lipinski definition) is 0. The summed E-state index contributed by atoms with van der Waals surface area (Å²) in [6.45, 7) is 10.1. The van der Waals surface area contributed by atoms with Gasteiger partial charge in [0.25, 0.3) is 0 Å². The number of rotatable bonds is 5. The van der Waals surface area contributed by atoms with E-state index in [1.807, 2.05) is 6.92 Å². The predicted molar refractivity (Wildman–Crippen MR) is 87.8 cm³/mol. The monoisotopic (exact) mass is 341 g/mol. The van der Waals surface area contributed by atoms with E-state index in [0.717, 1.165) is 5.56 Å². The van der Waals surface area contributed by atoms with Crippen molar-refractivity contribution in [1.29, 1.82) is 0 Å². The zero-order chi connectivity index (χ0) is 16.7. The SMILES string of the molecule is CCOC(=O)[C@H]1[C@@H]([Si](C)(C)C)N1S(=O)(=O)c1ccc(C)cc1. The van der Waals surface area contributed by atoms with E-state index in [0.29, 0.717) is 0 Å². The van der Waals surface area contributed by atoms with Gasteiger partial charge in [-0.3, -0.25) is 4.79 Å². The zero-order valence-electron chi connectivity index (χ0n) is 13.7. The van der Waals surface area contributed by atoms with Crippen molar-refractivity contribution in [3.63, 3.8) is 0 Å². The van der Waals surface area contributed by atoms with Crippen LogP contribution in [0.3, 0.4) is 0 Å². The maximum atomic E-state index is 12.8. The standard InChI is InChI=1S/C15H23NO4SSi/c1-6-20-15(17)13-14(22(3,4)5)16(13)21(18,19)12-9-7-11(2)8-10-12/h7-10,13-14H,6H2,1-5H3/t13-,14-,16?/m1/s1. The van der Waals surface area contributed by atoms with Crippen LogP contribution in [0.4, 0.5) is 0 Å². The van der Waals surface area contributed by atoms with Gasteiger partial charge in [-0.2, -0.15) is 4.31 Å². The second-order valence-electron chi connectivity index (χ2n) is 6.66. The lowest BCUT2D eigenvalue weighted by molar-refractivity contribution is -0.143. The maximum absolute atomic E-state index is 12.8. The van der Waals surface area contributed by atoms with E-state index in [4.69, 9.17) is 4.74 Å². The molecule has 122 valence electrons. The van der Waals surface area contributed by atoms with Gasteiger partial charge in [-0.05, 0) is 26.0 Å². The smallest absolute Gasteiger partial charge is 0.325 e. The quantitative estimate of drug-likeness (QED) is 0.468. The number of carbonyl (C=O) groups is 1. The number of ether oxygens (including phenoxy) is 1. The first kappa shape index (κ1) is 17.2. The largest absolute Gasteiger partial charge is 0.465 e. The van der Waals surface area contributed by atoms with Gasteiger partial charge in [0.2, 0.25) is 10.0 Å². The van der Waals surface area contributed by atoms with Gasteiger partial charge in [-0.15, -0.1) is 0 Å². The lowest BCUT2D eigenvalue weighted by atomic mass is 10.2. The molecule has 1 aliphatic heterocycles. The molecular formula is C15H23NO4SSi. The first-order valence-corrected chi connectivity index (χ1v) is 12.4. The summed E-state index contributed by atoms with van der Waals surface area (Å²) in [5, 5.41) is 0. The predicted octanol–water partition coefficient (Wildman–Crippen LogP) is 2.18. The second kappa shape index (κ2) is 5.79. The van der Waals surface area contributed by atoms with Crippen molar-refractivity contribution < 1.29 is 17.9 Å². The fraction of sp³-hybridized carbons (Fsp3) is 0.533. The van der Waals surface area contributed by atoms with Crippen LogP contribution >= 0.6 is 0 Å². The van der Waals surface area contributed by atoms with Crippen LogP contribution in [-0.2, 0) is 19.6 Å². The Morgan fingerprint density at radius 2 is 1.77 bits per heavy atom. The van der Waals surface area contributed by atoms with Crippen molar-refractivity contribution in [1.82, 2.24) is 4.31 Å². The van der Waals surface area contributed by atoms with Crippen LogP contribution in [-0.4, -0.2) is 45.1 Å². The molecule has 0 aliphatic carbocycles. The van der Waals surface area contributed by atoms with E-state index < -0.39 is 30.1 Å². The Labute approximate surface area is 133 Å². The minimum Gasteiger partial charge on any atom is -0.465 e. The molecular weight excluding hydrogens is 318 g/mol. The number of nitrogens with zero attached hydrogens (tertiary/aromatic N) is 1. The van der Waals surface area contributed by atoms with Crippen LogP contribution in [0.1, 0.15) is 12.5 Å². The number of benzene rings is 1. The Balaban J connectivity index is 2.36. The molecule has 7 heteroatoms. The molecule has 0 radical (unpaired) electrons. The summed E-state index contributed by atoms with van der Waals surface area (Å²) in [5.74, 6) is -0.439. The van der Waals surface area contributed by atoms with Gasteiger partial charge in [-0.25, -0.2) is 8.42 Å². The Morgan fingerprint density at radius 3 is 2.23 bits per heavy atom. The molecule has 5 nitrogen and oxygen atoms in total. The zero-order valence-corrected chi connectivity index (χ0v) is 15.5. The summed E-state index contributed by atoms with van der Waals surface area (Å²) >= 11 is 0. The van der Waals surface area contributed by atoms with Gasteiger partial charge in [0.15, 0.2) is 0 Å². The van der Waals surface area contributed by atoms with Crippen LogP contribution < -0.4 is 0 Å². The number of aryl methyl sites for hydroxylation is 1. The van der Waals surface area contributed by atoms with Crippen LogP contribution in [0.25, 0.3) is 0 Å². The third-order valence-electron chi connectivity index (χ3n) is 3.77. The minimum atomic E-state index is -3.66. The van der Waals surface area contributed by atoms with Crippen molar-refractivity contribution in [3.8, 4) is 0 Å². The van der Waals surface area contributed by atoms with Gasteiger partial charge in [-0.1, -0.05) is 37.3 Å². The summed E-state index contributed by atoms with van der Waals surface area (Å²) in [7, 11) is -5.51. The molecule has 1 aromatic rings. The average molecular weight is 342 g/mol. The van der Waals surface area contributed by atoms with Crippen LogP contribution in [0.2, 0.25) is 19.6 Å². The fourth-order valence-corrected chi connectivity index (χ4v) is 7.80. The Kier molecular flexibility index (Phi) is 4.52. The summed E-state index contributed by atoms with van der Waals surface area (Å²) in [5.41, 5.74) is 0.756. The van der Waals surface area contributed by atoms with Crippen LogP contribution in [0.15, 0.2) is 29.2 Å². The molecule has 0 aromatic heterocycles. The molecule has 0 bridgehead atoms. The number of carbonyl (C=O) groups excluding carboxylic acids is 1. The molecule has 22 heavy (non-hydrogen) atoms. The lowest BCUT2D eigenvalue weighted by Crippen LogP contribution is -2.34. The molecule has 0 amide bonds. The van der Waals surface area contributed by atoms with Crippen molar-refractivity contribution in [2.75, 3.05) is 6.61 Å².